The van der Waals surface area contributed by atoms with Crippen LogP contribution in [-0.4, -0.2) is 148 Å². The van der Waals surface area contributed by atoms with Gasteiger partial charge in [-0.15, -0.1) is 0 Å². The van der Waals surface area contributed by atoms with E-state index in [9.17, 15) is 52.2 Å². The second kappa shape index (κ2) is 18.5. The second-order valence-electron chi connectivity index (χ2n) is 10.6. The Kier molecular flexibility index (Phi) is 15.1. The molecule has 20 heteroatoms. The Balaban J connectivity index is 2.27. The van der Waals surface area contributed by atoms with Gasteiger partial charge in [-0.3, -0.25) is 43.5 Å². The number of carboxylic acids is 4. The van der Waals surface area contributed by atoms with Gasteiger partial charge in [0, 0.05) is 49.9 Å². The summed E-state index contributed by atoms with van der Waals surface area (Å²) < 4.78 is 48.2. The number of alkyl halides is 3. The number of rotatable bonds is 21. The Morgan fingerprint density at radius 3 is 1.73 bits per heavy atom. The molecule has 0 aliphatic heterocycles. The number of aliphatic carboxylic acids is 4. The lowest BCUT2D eigenvalue weighted by Gasteiger charge is -2.27. The van der Waals surface area contributed by atoms with Gasteiger partial charge in [-0.25, -0.2) is 4.98 Å². The first-order chi connectivity index (χ1) is 22.9. The first kappa shape index (κ1) is 40.1. The lowest BCUT2D eigenvalue weighted by Crippen LogP contribution is -2.46. The maximum atomic E-state index is 14.3. The molecule has 1 heterocycles. The van der Waals surface area contributed by atoms with E-state index < -0.39 is 98.0 Å². The van der Waals surface area contributed by atoms with E-state index in [1.54, 1.807) is 0 Å². The zero-order valence-corrected chi connectivity index (χ0v) is 26.6. The Morgan fingerprint density at radius 2 is 1.27 bits per heavy atom. The molecule has 0 unspecified atom stereocenters. The number of halogens is 3. The van der Waals surface area contributed by atoms with Crippen molar-refractivity contribution < 1.29 is 67.1 Å². The molecule has 0 atom stereocenters. The number of fused-ring (bicyclic) bond motifs is 1. The Hall–Kier alpha value is -5.08. The molecule has 17 nitrogen and oxygen atoms in total. The molecule has 0 saturated carbocycles. The molecule has 0 radical (unpaired) electrons. The van der Waals surface area contributed by atoms with Crippen molar-refractivity contribution in [2.75, 3.05) is 77.9 Å². The van der Waals surface area contributed by atoms with Gasteiger partial charge in [0.05, 0.1) is 56.8 Å². The number of carbonyl (C=O) groups excluding carboxylic acids is 2. The summed E-state index contributed by atoms with van der Waals surface area (Å²) >= 11 is 0. The van der Waals surface area contributed by atoms with E-state index in [1.807, 2.05) is 0 Å². The van der Waals surface area contributed by atoms with Gasteiger partial charge in [0.1, 0.15) is 0 Å². The molecule has 6 N–H and O–H groups in total. The third-order valence-electron chi connectivity index (χ3n) is 6.78. The minimum atomic E-state index is -4.90. The lowest BCUT2D eigenvalue weighted by molar-refractivity contribution is -0.143. The number of benzene rings is 1. The van der Waals surface area contributed by atoms with E-state index in [0.29, 0.717) is 0 Å². The highest BCUT2D eigenvalue weighted by Crippen LogP contribution is 2.41. The summed E-state index contributed by atoms with van der Waals surface area (Å²) in [5, 5.41) is 41.1. The minimum absolute atomic E-state index is 0.0133. The molecule has 2 aromatic rings. The number of carbonyl (C=O) groups is 6. The van der Waals surface area contributed by atoms with Gasteiger partial charge in [0.2, 0.25) is 17.7 Å². The summed E-state index contributed by atoms with van der Waals surface area (Å²) in [6.45, 7) is -2.03. The van der Waals surface area contributed by atoms with Gasteiger partial charge in [0.15, 0.2) is 0 Å². The molecule has 0 fully saturated rings. The smallest absolute Gasteiger partial charge is 0.417 e. The number of nitrogens with one attached hydrogen (secondary N) is 2. The van der Waals surface area contributed by atoms with Crippen LogP contribution in [0.4, 0.5) is 18.9 Å². The lowest BCUT2D eigenvalue weighted by atomic mass is 9.99. The quantitative estimate of drug-likeness (QED) is 0.101. The van der Waals surface area contributed by atoms with Crippen molar-refractivity contribution in [3.05, 3.63) is 29.3 Å². The summed E-state index contributed by atoms with van der Waals surface area (Å²) in [7, 11) is 1.27. The van der Waals surface area contributed by atoms with Crippen LogP contribution in [0.15, 0.2) is 18.2 Å². The fourth-order valence-corrected chi connectivity index (χ4v) is 4.78. The normalized spacial score (nSPS) is 11.6. The topological polar surface area (TPSA) is 239 Å². The van der Waals surface area contributed by atoms with Crippen molar-refractivity contribution in [3.63, 3.8) is 0 Å². The molecule has 1 aromatic heterocycles. The van der Waals surface area contributed by atoms with E-state index in [1.165, 1.54) is 24.9 Å². The van der Waals surface area contributed by atoms with Crippen molar-refractivity contribution in [2.45, 2.75) is 19.5 Å². The van der Waals surface area contributed by atoms with Gasteiger partial charge in [-0.1, -0.05) is 6.07 Å². The van der Waals surface area contributed by atoms with Gasteiger partial charge < -0.3 is 35.8 Å². The summed E-state index contributed by atoms with van der Waals surface area (Å²) in [5.74, 6) is -7.07. The summed E-state index contributed by atoms with van der Waals surface area (Å²) in [5.41, 5.74) is -1.79. The molecule has 2 rings (SSSR count). The van der Waals surface area contributed by atoms with Crippen molar-refractivity contribution in [3.8, 4) is 5.88 Å². The van der Waals surface area contributed by atoms with E-state index in [2.05, 4.69) is 15.6 Å². The molecular weight excluding hydrogens is 665 g/mol. The van der Waals surface area contributed by atoms with Gasteiger partial charge in [0.25, 0.3) is 0 Å². The van der Waals surface area contributed by atoms with Crippen LogP contribution in [0.3, 0.4) is 0 Å². The predicted octanol–water partition coefficient (Wildman–Crippen LogP) is 0.124. The standard InChI is InChI=1S/C29H37F3N6O11/c1-3-49-28-19(11-21(39)33-2)27(29(30,31)32)18-5-4-17(10-20(18)35-28)34-22(40)12-37(14-24(43)44)8-6-36(13-23(41)42)7-9-38(15-25(45)46)16-26(47)48/h4-5,10H,3,6-9,11-16H2,1-2H3,(H,33,39)(H,34,40)(H,41,42)(H,43,44)(H,45,46)(H,47,48). The molecule has 1 aromatic carbocycles. The zero-order valence-electron chi connectivity index (χ0n) is 26.6. The van der Waals surface area contributed by atoms with Gasteiger partial charge in [-0.2, -0.15) is 13.2 Å². The summed E-state index contributed by atoms with van der Waals surface area (Å²) in [6.07, 6.45) is -5.56. The summed E-state index contributed by atoms with van der Waals surface area (Å²) in [6, 6.07) is 3.41. The average Bonchev–Trinajstić information content (AvgIpc) is 2.96. The highest BCUT2D eigenvalue weighted by Gasteiger charge is 2.38. The fraction of sp³-hybridized carbons (Fsp3) is 0.483. The number of nitrogens with zero attached hydrogens (tertiary/aromatic N) is 4. The third kappa shape index (κ3) is 13.5. The van der Waals surface area contributed by atoms with E-state index in [4.69, 9.17) is 14.9 Å². The second-order valence-corrected chi connectivity index (χ2v) is 10.6. The first-order valence-corrected chi connectivity index (χ1v) is 14.6. The Morgan fingerprint density at radius 1 is 0.776 bits per heavy atom. The SMILES string of the molecule is CCOc1nc2cc(NC(=O)CN(CCN(CCN(CC(=O)O)CC(=O)O)CC(=O)O)CC(=O)O)ccc2c(C(F)(F)F)c1CC(=O)NC. The van der Waals surface area contributed by atoms with Crippen molar-refractivity contribution in [2.24, 2.45) is 0 Å². The van der Waals surface area contributed by atoms with E-state index in [0.717, 1.165) is 21.9 Å². The van der Waals surface area contributed by atoms with Crippen LogP contribution >= 0.6 is 0 Å². The van der Waals surface area contributed by atoms with Crippen LogP contribution in [0, 0.1) is 0 Å². The van der Waals surface area contributed by atoms with Crippen LogP contribution in [0.25, 0.3) is 10.9 Å². The molecule has 2 amide bonds. The van der Waals surface area contributed by atoms with Crippen LogP contribution in [-0.2, 0) is 41.4 Å². The van der Waals surface area contributed by atoms with E-state index in [-0.39, 0.29) is 49.4 Å². The first-order valence-electron chi connectivity index (χ1n) is 14.6. The predicted molar refractivity (Wildman–Crippen MR) is 164 cm³/mol. The molecule has 270 valence electrons. The fourth-order valence-electron chi connectivity index (χ4n) is 4.78. The zero-order chi connectivity index (χ0) is 36.9. The van der Waals surface area contributed by atoms with Crippen LogP contribution in [0.5, 0.6) is 5.88 Å². The number of likely N-dealkylation sites (N-methyl/N-ethyl adjacent to an activating group) is 1. The Labute approximate surface area is 277 Å². The minimum Gasteiger partial charge on any atom is -0.480 e. The van der Waals surface area contributed by atoms with Crippen molar-refractivity contribution in [1.29, 1.82) is 0 Å². The van der Waals surface area contributed by atoms with Crippen molar-refractivity contribution >= 4 is 52.3 Å². The number of anilines is 1. The number of aromatic nitrogens is 1. The highest BCUT2D eigenvalue weighted by atomic mass is 19.4. The number of hydrogen-bond donors (Lipinski definition) is 6. The summed E-state index contributed by atoms with van der Waals surface area (Å²) in [4.78, 5) is 77.8. The van der Waals surface area contributed by atoms with Crippen LogP contribution in [0.2, 0.25) is 0 Å². The van der Waals surface area contributed by atoms with Crippen LogP contribution in [0.1, 0.15) is 18.1 Å². The average molecular weight is 703 g/mol. The number of pyridine rings is 1. The molecule has 0 aliphatic carbocycles. The van der Waals surface area contributed by atoms with Gasteiger partial charge in [-0.05, 0) is 19.1 Å². The van der Waals surface area contributed by atoms with Crippen molar-refractivity contribution in [1.82, 2.24) is 25.0 Å². The number of hydrogen-bond acceptors (Lipinski definition) is 11. The number of ether oxygens (including phenoxy) is 1. The molecule has 49 heavy (non-hydrogen) atoms. The molecule has 0 spiro atoms. The number of carboxylic acid groups (broad SMARTS) is 4. The molecule has 0 bridgehead atoms. The monoisotopic (exact) mass is 702 g/mol. The van der Waals surface area contributed by atoms with Gasteiger partial charge >= 0.3 is 30.1 Å². The van der Waals surface area contributed by atoms with E-state index >= 15 is 0 Å². The molecule has 0 aliphatic rings. The maximum Gasteiger partial charge on any atom is 0.417 e. The van der Waals surface area contributed by atoms with Crippen LogP contribution < -0.4 is 15.4 Å². The number of amides is 2. The highest BCUT2D eigenvalue weighted by molar-refractivity contribution is 5.96. The molecular formula is C29H37F3N6O11. The molecule has 0 saturated heterocycles. The third-order valence-corrected chi connectivity index (χ3v) is 6.78. The maximum absolute atomic E-state index is 14.3. The Bertz CT molecular complexity index is 1520. The largest absolute Gasteiger partial charge is 0.480 e.